The Bertz CT molecular complexity index is 700. The second kappa shape index (κ2) is 8.11. The molecule has 1 heterocycles. The van der Waals surface area contributed by atoms with Crippen LogP contribution in [-0.4, -0.2) is 24.9 Å². The van der Waals surface area contributed by atoms with Crippen LogP contribution in [0, 0.1) is 0 Å². The van der Waals surface area contributed by atoms with Crippen LogP contribution in [0.4, 0.5) is 5.69 Å². The lowest BCUT2D eigenvalue weighted by Gasteiger charge is -2.09. The number of aryl methyl sites for hydroxylation is 1. The molecular weight excluding hydrogens is 322 g/mol. The van der Waals surface area contributed by atoms with E-state index < -0.39 is 0 Å². The minimum Gasteiger partial charge on any atom is -0.490 e. The van der Waals surface area contributed by atoms with Gasteiger partial charge in [-0.25, -0.2) is 0 Å². The lowest BCUT2D eigenvalue weighted by molar-refractivity contribution is -0.113. The van der Waals surface area contributed by atoms with Gasteiger partial charge in [0.25, 0.3) is 0 Å². The van der Waals surface area contributed by atoms with Crippen molar-refractivity contribution in [2.75, 3.05) is 24.3 Å². The zero-order valence-corrected chi connectivity index (χ0v) is 14.5. The normalized spacial score (nSPS) is 13.2. The Morgan fingerprint density at radius 2 is 1.83 bits per heavy atom. The number of thioether (sulfide) groups is 1. The third kappa shape index (κ3) is 4.45. The lowest BCUT2D eigenvalue weighted by atomic mass is 10.1. The molecule has 2 aromatic carbocycles. The van der Waals surface area contributed by atoms with Gasteiger partial charge in [0, 0.05) is 17.0 Å². The monoisotopic (exact) mass is 343 g/mol. The predicted molar refractivity (Wildman–Crippen MR) is 97.2 cm³/mol. The van der Waals surface area contributed by atoms with Crippen LogP contribution in [0.2, 0.25) is 0 Å². The first-order valence-electron chi connectivity index (χ1n) is 8.16. The fourth-order valence-corrected chi connectivity index (χ4v) is 3.13. The van der Waals surface area contributed by atoms with E-state index in [9.17, 15) is 4.79 Å². The van der Waals surface area contributed by atoms with Crippen LogP contribution < -0.4 is 14.8 Å². The van der Waals surface area contributed by atoms with E-state index in [0.717, 1.165) is 34.9 Å². The molecule has 3 rings (SSSR count). The van der Waals surface area contributed by atoms with Gasteiger partial charge in [-0.15, -0.1) is 11.8 Å². The van der Waals surface area contributed by atoms with Gasteiger partial charge in [-0.2, -0.15) is 0 Å². The molecule has 1 aliphatic rings. The Labute approximate surface area is 146 Å². The van der Waals surface area contributed by atoms with E-state index in [4.69, 9.17) is 9.47 Å². The number of ether oxygens (including phenoxy) is 2. The summed E-state index contributed by atoms with van der Waals surface area (Å²) in [6, 6.07) is 13.8. The molecule has 1 amide bonds. The SMILES string of the molecule is CCc1ccc(NC(=O)CSc2ccc3c(c2)OCCCO3)cc1. The summed E-state index contributed by atoms with van der Waals surface area (Å²) < 4.78 is 11.3. The average molecular weight is 343 g/mol. The molecule has 0 radical (unpaired) electrons. The second-order valence-electron chi connectivity index (χ2n) is 5.55. The number of rotatable bonds is 5. The molecule has 1 aliphatic heterocycles. The highest BCUT2D eigenvalue weighted by molar-refractivity contribution is 8.00. The maximum Gasteiger partial charge on any atom is 0.234 e. The average Bonchev–Trinajstić information content (AvgIpc) is 2.85. The molecule has 0 fully saturated rings. The first kappa shape index (κ1) is 16.7. The van der Waals surface area contributed by atoms with Crippen LogP contribution in [-0.2, 0) is 11.2 Å². The largest absolute Gasteiger partial charge is 0.490 e. The number of carbonyl (C=O) groups is 1. The number of hydrogen-bond acceptors (Lipinski definition) is 4. The van der Waals surface area contributed by atoms with E-state index in [1.165, 1.54) is 17.3 Å². The van der Waals surface area contributed by atoms with Crippen molar-refractivity contribution in [3.63, 3.8) is 0 Å². The number of amides is 1. The van der Waals surface area contributed by atoms with Crippen LogP contribution in [0.3, 0.4) is 0 Å². The Morgan fingerprint density at radius 1 is 1.08 bits per heavy atom. The van der Waals surface area contributed by atoms with E-state index in [1.807, 2.05) is 42.5 Å². The standard InChI is InChI=1S/C19H21NO3S/c1-2-14-4-6-15(7-5-14)20-19(21)13-24-16-8-9-17-18(12-16)23-11-3-10-22-17/h4-9,12H,2-3,10-11,13H2,1H3,(H,20,21). The van der Waals surface area contributed by atoms with Crippen LogP contribution >= 0.6 is 11.8 Å². The molecule has 0 spiro atoms. The molecule has 5 heteroatoms. The summed E-state index contributed by atoms with van der Waals surface area (Å²) in [5.74, 6) is 1.87. The fourth-order valence-electron chi connectivity index (χ4n) is 2.40. The van der Waals surface area contributed by atoms with Crippen molar-refractivity contribution in [2.45, 2.75) is 24.7 Å². The van der Waals surface area contributed by atoms with E-state index in [0.29, 0.717) is 19.0 Å². The zero-order valence-electron chi connectivity index (χ0n) is 13.7. The van der Waals surface area contributed by atoms with Gasteiger partial charge in [-0.05, 0) is 42.3 Å². The first-order valence-corrected chi connectivity index (χ1v) is 9.14. The Kier molecular flexibility index (Phi) is 5.64. The number of nitrogens with one attached hydrogen (secondary N) is 1. The highest BCUT2D eigenvalue weighted by Gasteiger charge is 2.11. The molecule has 0 unspecified atom stereocenters. The molecule has 126 valence electrons. The quantitative estimate of drug-likeness (QED) is 0.829. The van der Waals surface area contributed by atoms with Gasteiger partial charge in [-0.3, -0.25) is 4.79 Å². The van der Waals surface area contributed by atoms with Crippen molar-refractivity contribution in [3.8, 4) is 11.5 Å². The van der Waals surface area contributed by atoms with Crippen LogP contribution in [0.15, 0.2) is 47.4 Å². The highest BCUT2D eigenvalue weighted by atomic mass is 32.2. The van der Waals surface area contributed by atoms with Crippen molar-refractivity contribution in [2.24, 2.45) is 0 Å². The highest BCUT2D eigenvalue weighted by Crippen LogP contribution is 2.33. The molecule has 0 bridgehead atoms. The molecule has 0 saturated heterocycles. The van der Waals surface area contributed by atoms with Crippen molar-refractivity contribution in [3.05, 3.63) is 48.0 Å². The summed E-state index contributed by atoms with van der Waals surface area (Å²) in [6.45, 7) is 3.45. The van der Waals surface area contributed by atoms with Crippen LogP contribution in [0.5, 0.6) is 11.5 Å². The first-order chi connectivity index (χ1) is 11.7. The van der Waals surface area contributed by atoms with E-state index in [-0.39, 0.29) is 5.91 Å². The Hall–Kier alpha value is -2.14. The second-order valence-corrected chi connectivity index (χ2v) is 6.60. The fraction of sp³-hybridized carbons (Fsp3) is 0.316. The molecule has 0 aromatic heterocycles. The molecule has 0 atom stereocenters. The van der Waals surface area contributed by atoms with Crippen molar-refractivity contribution < 1.29 is 14.3 Å². The molecule has 0 aliphatic carbocycles. The van der Waals surface area contributed by atoms with Gasteiger partial charge in [0.2, 0.25) is 5.91 Å². The number of benzene rings is 2. The van der Waals surface area contributed by atoms with Gasteiger partial charge in [0.1, 0.15) is 0 Å². The van der Waals surface area contributed by atoms with E-state index in [1.54, 1.807) is 0 Å². The summed E-state index contributed by atoms with van der Waals surface area (Å²) in [7, 11) is 0. The molecule has 4 nitrogen and oxygen atoms in total. The van der Waals surface area contributed by atoms with Crippen molar-refractivity contribution >= 4 is 23.4 Å². The zero-order chi connectivity index (χ0) is 16.8. The summed E-state index contributed by atoms with van der Waals surface area (Å²) in [4.78, 5) is 13.1. The summed E-state index contributed by atoms with van der Waals surface area (Å²) >= 11 is 1.49. The van der Waals surface area contributed by atoms with Gasteiger partial charge >= 0.3 is 0 Å². The maximum atomic E-state index is 12.1. The van der Waals surface area contributed by atoms with E-state index >= 15 is 0 Å². The third-order valence-corrected chi connectivity index (χ3v) is 4.73. The molecule has 2 aromatic rings. The summed E-state index contributed by atoms with van der Waals surface area (Å²) in [6.07, 6.45) is 1.88. The molecule has 24 heavy (non-hydrogen) atoms. The maximum absolute atomic E-state index is 12.1. The predicted octanol–water partition coefficient (Wildman–Crippen LogP) is 4.14. The van der Waals surface area contributed by atoms with Crippen LogP contribution in [0.1, 0.15) is 18.9 Å². The van der Waals surface area contributed by atoms with E-state index in [2.05, 4.69) is 12.2 Å². The number of anilines is 1. The topological polar surface area (TPSA) is 47.6 Å². The third-order valence-electron chi connectivity index (χ3n) is 3.73. The van der Waals surface area contributed by atoms with Gasteiger partial charge < -0.3 is 14.8 Å². The van der Waals surface area contributed by atoms with Gasteiger partial charge in [0.05, 0.1) is 19.0 Å². The summed E-state index contributed by atoms with van der Waals surface area (Å²) in [5, 5.41) is 2.92. The Morgan fingerprint density at radius 3 is 2.58 bits per heavy atom. The van der Waals surface area contributed by atoms with Crippen molar-refractivity contribution in [1.82, 2.24) is 0 Å². The Balaban J connectivity index is 1.54. The molecule has 1 N–H and O–H groups in total. The number of hydrogen-bond donors (Lipinski definition) is 1. The molecule has 0 saturated carbocycles. The van der Waals surface area contributed by atoms with Gasteiger partial charge in [-0.1, -0.05) is 19.1 Å². The number of fused-ring (bicyclic) bond motifs is 1. The van der Waals surface area contributed by atoms with Gasteiger partial charge in [0.15, 0.2) is 11.5 Å². The summed E-state index contributed by atoms with van der Waals surface area (Å²) in [5.41, 5.74) is 2.09. The minimum atomic E-state index is -0.0173. The smallest absolute Gasteiger partial charge is 0.234 e. The minimum absolute atomic E-state index is 0.0173. The number of carbonyl (C=O) groups excluding carboxylic acids is 1. The molecular formula is C19H21NO3S. The van der Waals surface area contributed by atoms with Crippen molar-refractivity contribution in [1.29, 1.82) is 0 Å². The lowest BCUT2D eigenvalue weighted by Crippen LogP contribution is -2.13. The van der Waals surface area contributed by atoms with Crippen LogP contribution in [0.25, 0.3) is 0 Å².